The van der Waals surface area contributed by atoms with Crippen LogP contribution < -0.4 is 4.74 Å². The lowest BCUT2D eigenvalue weighted by Gasteiger charge is -2.38. The van der Waals surface area contributed by atoms with Gasteiger partial charge in [0.15, 0.2) is 0 Å². The maximum absolute atomic E-state index is 14.2. The molecule has 164 valence electrons. The first-order valence-electron chi connectivity index (χ1n) is 10.7. The predicted octanol–water partition coefficient (Wildman–Crippen LogP) is 4.51. The topological polar surface area (TPSA) is 58.7 Å². The quantitative estimate of drug-likeness (QED) is 0.631. The standard InChI is InChI=1S/C25H29FN2O3/c1-17-21(18(2)31-27-17)15-20-14-19(8-9-24(20)30-3)16-28-12-10-25(29,11-13-28)22-6-4-5-7-23(22)26/h4-9,14,29H,10-13,15-16H2,1-3H3. The first-order valence-corrected chi connectivity index (χ1v) is 10.7. The molecule has 2 aromatic carbocycles. The third kappa shape index (κ3) is 4.50. The van der Waals surface area contributed by atoms with Gasteiger partial charge in [-0.3, -0.25) is 4.90 Å². The van der Waals surface area contributed by atoms with Crippen LogP contribution in [0.15, 0.2) is 47.0 Å². The number of rotatable bonds is 6. The number of aromatic nitrogens is 1. The highest BCUT2D eigenvalue weighted by atomic mass is 19.1. The van der Waals surface area contributed by atoms with Crippen molar-refractivity contribution in [1.29, 1.82) is 0 Å². The van der Waals surface area contributed by atoms with E-state index in [0.29, 0.717) is 37.9 Å². The number of hydrogen-bond donors (Lipinski definition) is 1. The minimum absolute atomic E-state index is 0.336. The molecule has 0 aliphatic carbocycles. The average molecular weight is 425 g/mol. The lowest BCUT2D eigenvalue weighted by Crippen LogP contribution is -2.42. The van der Waals surface area contributed by atoms with Gasteiger partial charge in [-0.25, -0.2) is 4.39 Å². The van der Waals surface area contributed by atoms with E-state index in [9.17, 15) is 9.50 Å². The zero-order chi connectivity index (χ0) is 22.0. The van der Waals surface area contributed by atoms with Gasteiger partial charge in [-0.05, 0) is 49.9 Å². The normalized spacial score (nSPS) is 16.4. The van der Waals surface area contributed by atoms with Crippen molar-refractivity contribution in [1.82, 2.24) is 10.1 Å². The van der Waals surface area contributed by atoms with Crippen LogP contribution in [0.3, 0.4) is 0 Å². The summed E-state index contributed by atoms with van der Waals surface area (Å²) in [6.07, 6.45) is 1.72. The Labute approximate surface area is 182 Å². The third-order valence-corrected chi connectivity index (χ3v) is 6.36. The van der Waals surface area contributed by atoms with Gasteiger partial charge in [-0.15, -0.1) is 0 Å². The van der Waals surface area contributed by atoms with Gasteiger partial charge in [0, 0.05) is 37.2 Å². The van der Waals surface area contributed by atoms with Crippen LogP contribution in [0.1, 0.15) is 46.5 Å². The molecule has 0 radical (unpaired) electrons. The smallest absolute Gasteiger partial charge is 0.137 e. The number of likely N-dealkylation sites (tertiary alicyclic amines) is 1. The molecule has 1 saturated heterocycles. The second kappa shape index (κ2) is 8.81. The Morgan fingerprint density at radius 1 is 1.16 bits per heavy atom. The van der Waals surface area contributed by atoms with Gasteiger partial charge in [0.05, 0.1) is 18.4 Å². The van der Waals surface area contributed by atoms with E-state index in [0.717, 1.165) is 34.9 Å². The van der Waals surface area contributed by atoms with E-state index in [2.05, 4.69) is 22.2 Å². The Balaban J connectivity index is 1.46. The van der Waals surface area contributed by atoms with Crippen LogP contribution in [-0.2, 0) is 18.6 Å². The predicted molar refractivity (Wildman–Crippen MR) is 117 cm³/mol. The van der Waals surface area contributed by atoms with E-state index in [4.69, 9.17) is 9.26 Å². The number of nitrogens with zero attached hydrogens (tertiary/aromatic N) is 2. The van der Waals surface area contributed by atoms with E-state index >= 15 is 0 Å². The Bertz CT molecular complexity index is 1040. The summed E-state index contributed by atoms with van der Waals surface area (Å²) in [4.78, 5) is 2.30. The third-order valence-electron chi connectivity index (χ3n) is 6.36. The number of benzene rings is 2. The summed E-state index contributed by atoms with van der Waals surface area (Å²) < 4.78 is 25.1. The van der Waals surface area contributed by atoms with Crippen molar-refractivity contribution in [3.05, 3.63) is 82.0 Å². The molecule has 0 spiro atoms. The van der Waals surface area contributed by atoms with Gasteiger partial charge in [-0.2, -0.15) is 0 Å². The Morgan fingerprint density at radius 3 is 2.55 bits per heavy atom. The monoisotopic (exact) mass is 424 g/mol. The molecule has 1 aromatic heterocycles. The highest BCUT2D eigenvalue weighted by molar-refractivity contribution is 5.42. The van der Waals surface area contributed by atoms with Gasteiger partial charge in [0.25, 0.3) is 0 Å². The molecule has 0 bridgehead atoms. The fourth-order valence-electron chi connectivity index (χ4n) is 4.46. The Morgan fingerprint density at radius 2 is 1.90 bits per heavy atom. The number of halogens is 1. The van der Waals surface area contributed by atoms with Crippen molar-refractivity contribution < 1.29 is 18.8 Å². The second-order valence-corrected chi connectivity index (χ2v) is 8.41. The van der Waals surface area contributed by atoms with Crippen LogP contribution in [-0.4, -0.2) is 35.4 Å². The van der Waals surface area contributed by atoms with E-state index in [1.807, 2.05) is 19.9 Å². The van der Waals surface area contributed by atoms with Crippen LogP contribution in [0, 0.1) is 19.7 Å². The maximum Gasteiger partial charge on any atom is 0.137 e. The largest absolute Gasteiger partial charge is 0.496 e. The number of methoxy groups -OCH3 is 1. The molecule has 1 N–H and O–H groups in total. The molecule has 6 heteroatoms. The van der Waals surface area contributed by atoms with Crippen molar-refractivity contribution in [2.24, 2.45) is 0 Å². The molecule has 0 atom stereocenters. The molecule has 4 rings (SSSR count). The molecular formula is C25H29FN2O3. The molecule has 0 amide bonds. The first kappa shape index (κ1) is 21.5. The first-order chi connectivity index (χ1) is 14.9. The number of piperidine rings is 1. The molecule has 1 fully saturated rings. The van der Waals surface area contributed by atoms with Crippen molar-refractivity contribution in [3.63, 3.8) is 0 Å². The number of hydrogen-bond acceptors (Lipinski definition) is 5. The van der Waals surface area contributed by atoms with Gasteiger partial charge in [-0.1, -0.05) is 35.5 Å². The molecule has 0 saturated carbocycles. The summed E-state index contributed by atoms with van der Waals surface area (Å²) >= 11 is 0. The highest BCUT2D eigenvalue weighted by Gasteiger charge is 2.35. The van der Waals surface area contributed by atoms with Crippen LogP contribution in [0.25, 0.3) is 0 Å². The minimum atomic E-state index is -1.10. The summed E-state index contributed by atoms with van der Waals surface area (Å²) in [6, 6.07) is 12.8. The number of aryl methyl sites for hydroxylation is 2. The molecule has 0 unspecified atom stereocenters. The summed E-state index contributed by atoms with van der Waals surface area (Å²) in [5.41, 5.74) is 3.56. The SMILES string of the molecule is COc1ccc(CN2CCC(O)(c3ccccc3F)CC2)cc1Cc1c(C)noc1C. The molecule has 5 nitrogen and oxygen atoms in total. The molecule has 2 heterocycles. The van der Waals surface area contributed by atoms with Crippen molar-refractivity contribution >= 4 is 0 Å². The summed E-state index contributed by atoms with van der Waals surface area (Å²) in [5, 5.41) is 15.1. The lowest BCUT2D eigenvalue weighted by molar-refractivity contribution is -0.0302. The zero-order valence-corrected chi connectivity index (χ0v) is 18.3. The van der Waals surface area contributed by atoms with E-state index in [-0.39, 0.29) is 5.82 Å². The van der Waals surface area contributed by atoms with Gasteiger partial charge in [0.1, 0.15) is 17.3 Å². The van der Waals surface area contributed by atoms with Gasteiger partial charge in [0.2, 0.25) is 0 Å². The fraction of sp³-hybridized carbons (Fsp3) is 0.400. The summed E-state index contributed by atoms with van der Waals surface area (Å²) in [7, 11) is 1.68. The molecular weight excluding hydrogens is 395 g/mol. The van der Waals surface area contributed by atoms with E-state index < -0.39 is 5.60 Å². The summed E-state index contributed by atoms with van der Waals surface area (Å²) in [6.45, 7) is 6.06. The van der Waals surface area contributed by atoms with E-state index in [1.54, 1.807) is 25.3 Å². The fourth-order valence-corrected chi connectivity index (χ4v) is 4.46. The molecule has 1 aliphatic heterocycles. The van der Waals surface area contributed by atoms with Crippen LogP contribution in [0.5, 0.6) is 5.75 Å². The van der Waals surface area contributed by atoms with Crippen molar-refractivity contribution in [2.45, 2.75) is 45.3 Å². The van der Waals surface area contributed by atoms with Crippen molar-refractivity contribution in [2.75, 3.05) is 20.2 Å². The highest BCUT2D eigenvalue weighted by Crippen LogP contribution is 2.35. The van der Waals surface area contributed by atoms with Crippen LogP contribution in [0.4, 0.5) is 4.39 Å². The van der Waals surface area contributed by atoms with E-state index in [1.165, 1.54) is 11.6 Å². The molecule has 31 heavy (non-hydrogen) atoms. The van der Waals surface area contributed by atoms with Crippen LogP contribution in [0.2, 0.25) is 0 Å². The van der Waals surface area contributed by atoms with Gasteiger partial charge < -0.3 is 14.4 Å². The maximum atomic E-state index is 14.2. The second-order valence-electron chi connectivity index (χ2n) is 8.41. The summed E-state index contributed by atoms with van der Waals surface area (Å²) in [5.74, 6) is 1.34. The molecule has 1 aliphatic rings. The Hall–Kier alpha value is -2.70. The zero-order valence-electron chi connectivity index (χ0n) is 18.3. The Kier molecular flexibility index (Phi) is 6.12. The number of ether oxygens (including phenoxy) is 1. The lowest BCUT2D eigenvalue weighted by atomic mass is 9.84. The average Bonchev–Trinajstić information content (AvgIpc) is 3.08. The minimum Gasteiger partial charge on any atom is -0.496 e. The molecule has 3 aromatic rings. The number of aliphatic hydroxyl groups is 1. The van der Waals surface area contributed by atoms with Gasteiger partial charge >= 0.3 is 0 Å². The van der Waals surface area contributed by atoms with Crippen LogP contribution >= 0.6 is 0 Å². The van der Waals surface area contributed by atoms with Crippen molar-refractivity contribution in [3.8, 4) is 5.75 Å².